The van der Waals surface area contributed by atoms with Gasteiger partial charge in [-0.05, 0) is 32.8 Å². The van der Waals surface area contributed by atoms with Crippen LogP contribution in [0.1, 0.15) is 42.6 Å². The molecule has 7 nitrogen and oxygen atoms in total. The Bertz CT molecular complexity index is 1190. The summed E-state index contributed by atoms with van der Waals surface area (Å²) in [5.41, 5.74) is 0.728. The van der Waals surface area contributed by atoms with Crippen molar-refractivity contribution < 1.29 is 23.5 Å². The second-order valence-electron chi connectivity index (χ2n) is 7.91. The van der Waals surface area contributed by atoms with Crippen LogP contribution in [0, 0.1) is 5.82 Å². The fraction of sp³-hybridized carbons (Fsp3) is 0.375. The minimum atomic E-state index is -0.574. The highest BCUT2D eigenvalue weighted by molar-refractivity contribution is 6.30. The van der Waals surface area contributed by atoms with E-state index in [0.29, 0.717) is 16.1 Å². The maximum absolute atomic E-state index is 14.1. The fourth-order valence-corrected chi connectivity index (χ4v) is 3.89. The lowest BCUT2D eigenvalue weighted by atomic mass is 10.2. The molecule has 0 radical (unpaired) electrons. The van der Waals surface area contributed by atoms with Gasteiger partial charge in [-0.15, -0.1) is 0 Å². The summed E-state index contributed by atoms with van der Waals surface area (Å²) in [6.07, 6.45) is 6.56. The third-order valence-corrected chi connectivity index (χ3v) is 5.78. The second-order valence-corrected chi connectivity index (χ2v) is 8.32. The molecule has 1 aromatic carbocycles. The lowest BCUT2D eigenvalue weighted by Gasteiger charge is -2.22. The lowest BCUT2D eigenvalue weighted by molar-refractivity contribution is -0.137. The van der Waals surface area contributed by atoms with Crippen molar-refractivity contribution in [2.75, 3.05) is 13.7 Å². The van der Waals surface area contributed by atoms with Gasteiger partial charge in [-0.25, -0.2) is 4.39 Å². The van der Waals surface area contributed by atoms with E-state index in [0.717, 1.165) is 12.8 Å². The molecule has 0 bridgehead atoms. The van der Waals surface area contributed by atoms with E-state index in [9.17, 15) is 18.8 Å². The van der Waals surface area contributed by atoms with Crippen molar-refractivity contribution in [1.82, 2.24) is 14.8 Å². The number of ketones is 1. The van der Waals surface area contributed by atoms with Crippen LogP contribution in [0.15, 0.2) is 24.4 Å². The summed E-state index contributed by atoms with van der Waals surface area (Å²) >= 11 is 5.78. The summed E-state index contributed by atoms with van der Waals surface area (Å²) < 4.78 is 20.9. The molecule has 2 amide bonds. The summed E-state index contributed by atoms with van der Waals surface area (Å²) in [7, 11) is 1.49. The number of hydrogen-bond acceptors (Lipinski definition) is 4. The summed E-state index contributed by atoms with van der Waals surface area (Å²) in [5.74, 6) is -1.34. The van der Waals surface area contributed by atoms with Crippen molar-refractivity contribution >= 4 is 41.5 Å². The SMILES string of the molecule is C/C=c1\c(=C/OC)c(C(C)=O)cn1CC(=O)N(CC(=O)NCc1cccc(Cl)c1F)C1CC1. The first kappa shape index (κ1) is 24.5. The van der Waals surface area contributed by atoms with Gasteiger partial charge in [0.05, 0.1) is 24.9 Å². The number of hydrogen-bond donors (Lipinski definition) is 1. The Morgan fingerprint density at radius 3 is 2.67 bits per heavy atom. The Balaban J connectivity index is 1.73. The molecule has 0 aliphatic heterocycles. The van der Waals surface area contributed by atoms with Gasteiger partial charge in [0.25, 0.3) is 0 Å². The molecule has 1 aromatic heterocycles. The van der Waals surface area contributed by atoms with Crippen LogP contribution in [0.4, 0.5) is 4.39 Å². The smallest absolute Gasteiger partial charge is 0.243 e. The van der Waals surface area contributed by atoms with Gasteiger partial charge in [-0.3, -0.25) is 14.4 Å². The summed E-state index contributed by atoms with van der Waals surface area (Å²) in [5, 5.41) is 3.94. The molecule has 3 rings (SSSR count). The van der Waals surface area contributed by atoms with Gasteiger partial charge in [0.15, 0.2) is 5.78 Å². The van der Waals surface area contributed by atoms with Gasteiger partial charge in [0, 0.05) is 40.5 Å². The molecular weight excluding hydrogens is 449 g/mol. The number of carbonyl (C=O) groups excluding carboxylic acids is 3. The molecule has 2 aromatic rings. The zero-order valence-electron chi connectivity index (χ0n) is 18.9. The van der Waals surface area contributed by atoms with Gasteiger partial charge >= 0.3 is 0 Å². The van der Waals surface area contributed by atoms with Crippen molar-refractivity contribution in [3.8, 4) is 0 Å². The third-order valence-electron chi connectivity index (χ3n) is 5.48. The number of benzene rings is 1. The standard InChI is InChI=1S/C24H27ClFN3O4/c1-4-21-19(14-33-3)18(15(2)30)11-28(21)13-23(32)29(17-8-9-17)12-22(31)27-10-16-6-5-7-20(25)24(16)26/h4-7,11,14,17H,8-10,12-13H2,1-3H3,(H,27,31)/b19-14-,21-4+. The quantitative estimate of drug-likeness (QED) is 0.562. The molecule has 0 spiro atoms. The molecule has 0 unspecified atom stereocenters. The lowest BCUT2D eigenvalue weighted by Crippen LogP contribution is -2.44. The van der Waals surface area contributed by atoms with Crippen molar-refractivity contribution in [3.63, 3.8) is 0 Å². The molecule has 33 heavy (non-hydrogen) atoms. The molecule has 0 saturated heterocycles. The molecule has 1 aliphatic carbocycles. The van der Waals surface area contributed by atoms with Crippen molar-refractivity contribution in [2.24, 2.45) is 0 Å². The first-order valence-electron chi connectivity index (χ1n) is 10.6. The minimum absolute atomic E-state index is 0.00643. The second kappa shape index (κ2) is 10.7. The van der Waals surface area contributed by atoms with Gasteiger partial charge in [-0.1, -0.05) is 29.8 Å². The number of aromatic nitrogens is 1. The maximum atomic E-state index is 14.1. The van der Waals surface area contributed by atoms with Crippen molar-refractivity contribution in [2.45, 2.75) is 45.8 Å². The van der Waals surface area contributed by atoms with Gasteiger partial charge in [0.2, 0.25) is 11.8 Å². The van der Waals surface area contributed by atoms with Crippen LogP contribution in [-0.4, -0.2) is 46.8 Å². The van der Waals surface area contributed by atoms with E-state index in [1.807, 2.05) is 6.92 Å². The highest BCUT2D eigenvalue weighted by atomic mass is 35.5. The highest BCUT2D eigenvalue weighted by Gasteiger charge is 2.34. The summed E-state index contributed by atoms with van der Waals surface area (Å²) in [6, 6.07) is 4.58. The number of nitrogens with one attached hydrogen (secondary N) is 1. The van der Waals surface area contributed by atoms with E-state index < -0.39 is 5.82 Å². The molecule has 1 heterocycles. The molecule has 1 aliphatic rings. The maximum Gasteiger partial charge on any atom is 0.243 e. The Kier molecular flexibility index (Phi) is 7.92. The number of halogens is 2. The molecule has 9 heteroatoms. The Hall–Kier alpha value is -3.13. The van der Waals surface area contributed by atoms with E-state index in [1.165, 1.54) is 31.3 Å². The Morgan fingerprint density at radius 2 is 2.06 bits per heavy atom. The van der Waals surface area contributed by atoms with Crippen LogP contribution >= 0.6 is 11.6 Å². The number of carbonyl (C=O) groups is 3. The first-order valence-corrected chi connectivity index (χ1v) is 11.0. The van der Waals surface area contributed by atoms with Crippen molar-refractivity contribution in [1.29, 1.82) is 0 Å². The highest BCUT2D eigenvalue weighted by Crippen LogP contribution is 2.27. The Labute approximate surface area is 196 Å². The van der Waals surface area contributed by atoms with E-state index in [4.69, 9.17) is 16.3 Å². The first-order chi connectivity index (χ1) is 15.8. The number of methoxy groups -OCH3 is 1. The molecule has 0 atom stereocenters. The average molecular weight is 476 g/mol. The fourth-order valence-electron chi connectivity index (χ4n) is 3.70. The average Bonchev–Trinajstić information content (AvgIpc) is 3.55. The number of nitrogens with zero attached hydrogens (tertiary/aromatic N) is 2. The van der Waals surface area contributed by atoms with Gasteiger partial charge in [0.1, 0.15) is 12.4 Å². The van der Waals surface area contributed by atoms with Crippen LogP contribution in [0.25, 0.3) is 12.3 Å². The zero-order valence-corrected chi connectivity index (χ0v) is 19.6. The molecular formula is C24H27ClFN3O4. The molecule has 1 fully saturated rings. The number of Topliss-reactive ketones (excluding diaryl/α,β-unsaturated/α-hetero) is 1. The normalized spacial score (nSPS) is 14.3. The summed E-state index contributed by atoms with van der Waals surface area (Å²) in [6.45, 7) is 3.09. The van der Waals surface area contributed by atoms with Crippen LogP contribution in [0.2, 0.25) is 5.02 Å². The van der Waals surface area contributed by atoms with E-state index in [-0.39, 0.29) is 53.9 Å². The zero-order chi connectivity index (χ0) is 24.1. The number of rotatable bonds is 9. The summed E-state index contributed by atoms with van der Waals surface area (Å²) in [4.78, 5) is 39.2. The van der Waals surface area contributed by atoms with Gasteiger partial charge in [-0.2, -0.15) is 0 Å². The van der Waals surface area contributed by atoms with Gasteiger partial charge < -0.3 is 19.5 Å². The monoisotopic (exact) mass is 475 g/mol. The largest absolute Gasteiger partial charge is 0.504 e. The predicted molar refractivity (Wildman–Crippen MR) is 123 cm³/mol. The number of amides is 2. The Morgan fingerprint density at radius 1 is 1.33 bits per heavy atom. The predicted octanol–water partition coefficient (Wildman–Crippen LogP) is 1.98. The molecule has 1 N–H and O–H groups in total. The van der Waals surface area contributed by atoms with Crippen LogP contribution < -0.4 is 15.9 Å². The third kappa shape index (κ3) is 5.82. The van der Waals surface area contributed by atoms with E-state index in [2.05, 4.69) is 5.32 Å². The van der Waals surface area contributed by atoms with E-state index >= 15 is 0 Å². The van der Waals surface area contributed by atoms with E-state index in [1.54, 1.807) is 29.0 Å². The molecule has 1 saturated carbocycles. The topological polar surface area (TPSA) is 80.6 Å². The van der Waals surface area contributed by atoms with Crippen LogP contribution in [-0.2, 0) is 27.4 Å². The van der Waals surface area contributed by atoms with Crippen molar-refractivity contribution in [3.05, 3.63) is 56.9 Å². The minimum Gasteiger partial charge on any atom is -0.504 e. The number of ether oxygens (including phenoxy) is 1. The van der Waals surface area contributed by atoms with Crippen LogP contribution in [0.3, 0.4) is 0 Å². The molecule has 176 valence electrons. The van der Waals surface area contributed by atoms with Crippen LogP contribution in [0.5, 0.6) is 0 Å².